The lowest BCUT2D eigenvalue weighted by Crippen LogP contribution is -2.23. The Balaban J connectivity index is 1.46. The van der Waals surface area contributed by atoms with Gasteiger partial charge in [0.2, 0.25) is 0 Å². The second-order valence-electron chi connectivity index (χ2n) is 8.07. The normalized spacial score (nSPS) is 11.8. The van der Waals surface area contributed by atoms with Gasteiger partial charge in [0.05, 0.1) is 40.3 Å². The van der Waals surface area contributed by atoms with Crippen molar-refractivity contribution in [2.75, 3.05) is 0 Å². The summed E-state index contributed by atoms with van der Waals surface area (Å²) in [5.74, 6) is -1.48. The van der Waals surface area contributed by atoms with E-state index in [1.165, 1.54) is 41.5 Å². The van der Waals surface area contributed by atoms with Crippen LogP contribution < -0.4 is 5.32 Å². The minimum atomic E-state index is -4.44. The molecule has 0 aliphatic carbocycles. The van der Waals surface area contributed by atoms with Crippen molar-refractivity contribution < 1.29 is 32.3 Å². The lowest BCUT2D eigenvalue weighted by atomic mass is 10.1. The molecule has 0 saturated carbocycles. The van der Waals surface area contributed by atoms with E-state index in [9.17, 15) is 22.8 Å². The van der Waals surface area contributed by atoms with Gasteiger partial charge in [-0.25, -0.2) is 9.78 Å². The summed E-state index contributed by atoms with van der Waals surface area (Å²) >= 11 is 0. The molecule has 0 aliphatic rings. The number of oxazole rings is 1. The first kappa shape index (κ1) is 23.1. The minimum Gasteiger partial charge on any atom is -0.478 e. The molecule has 0 aliphatic heterocycles. The highest BCUT2D eigenvalue weighted by molar-refractivity contribution is 6.13. The summed E-state index contributed by atoms with van der Waals surface area (Å²) in [6.07, 6.45) is -1.65. The molecule has 8 nitrogen and oxygen atoms in total. The molecular weight excluding hydrogens is 477 g/mol. The van der Waals surface area contributed by atoms with Gasteiger partial charge in [0.15, 0.2) is 12.0 Å². The number of halogens is 3. The molecule has 36 heavy (non-hydrogen) atoms. The summed E-state index contributed by atoms with van der Waals surface area (Å²) in [7, 11) is 0. The summed E-state index contributed by atoms with van der Waals surface area (Å²) in [6, 6.07) is 12.4. The van der Waals surface area contributed by atoms with Gasteiger partial charge in [-0.3, -0.25) is 9.48 Å². The number of nitrogens with zero attached hydrogens (tertiary/aromatic N) is 3. The largest absolute Gasteiger partial charge is 0.478 e. The number of amides is 1. The molecule has 11 heteroatoms. The molecular formula is C25H17F3N4O4. The molecule has 0 spiro atoms. The number of benzene rings is 3. The topological polar surface area (TPSA) is 110 Å². The minimum absolute atomic E-state index is 0.127. The Kier molecular flexibility index (Phi) is 5.67. The van der Waals surface area contributed by atoms with Crippen molar-refractivity contribution in [1.82, 2.24) is 20.1 Å². The van der Waals surface area contributed by atoms with Crippen LogP contribution in [-0.2, 0) is 19.3 Å². The number of carbonyl (C=O) groups excluding carboxylic acids is 1. The second-order valence-corrected chi connectivity index (χ2v) is 8.07. The highest BCUT2D eigenvalue weighted by atomic mass is 19.4. The van der Waals surface area contributed by atoms with Gasteiger partial charge in [-0.05, 0) is 41.5 Å². The van der Waals surface area contributed by atoms with Gasteiger partial charge in [-0.15, -0.1) is 0 Å². The van der Waals surface area contributed by atoms with Gasteiger partial charge in [0.25, 0.3) is 5.91 Å². The molecule has 0 radical (unpaired) electrons. The van der Waals surface area contributed by atoms with Crippen molar-refractivity contribution in [1.29, 1.82) is 0 Å². The van der Waals surface area contributed by atoms with E-state index in [2.05, 4.69) is 15.4 Å². The molecule has 0 fully saturated rings. The fourth-order valence-corrected chi connectivity index (χ4v) is 3.91. The second kappa shape index (κ2) is 8.84. The number of hydrogen-bond donors (Lipinski definition) is 2. The summed E-state index contributed by atoms with van der Waals surface area (Å²) < 4.78 is 45.7. The Morgan fingerprint density at radius 3 is 2.39 bits per heavy atom. The van der Waals surface area contributed by atoms with Gasteiger partial charge < -0.3 is 14.8 Å². The fourth-order valence-electron chi connectivity index (χ4n) is 3.91. The first-order valence-corrected chi connectivity index (χ1v) is 10.7. The van der Waals surface area contributed by atoms with E-state index in [0.29, 0.717) is 33.1 Å². The van der Waals surface area contributed by atoms with Crippen molar-refractivity contribution in [3.8, 4) is 0 Å². The van der Waals surface area contributed by atoms with Crippen LogP contribution in [0.15, 0.2) is 71.6 Å². The van der Waals surface area contributed by atoms with Crippen LogP contribution in [0.5, 0.6) is 0 Å². The zero-order valence-electron chi connectivity index (χ0n) is 18.4. The Bertz CT molecular complexity index is 1590. The first-order valence-electron chi connectivity index (χ1n) is 10.7. The van der Waals surface area contributed by atoms with Crippen LogP contribution in [0.1, 0.15) is 37.4 Å². The van der Waals surface area contributed by atoms with Crippen LogP contribution in [0.4, 0.5) is 13.2 Å². The van der Waals surface area contributed by atoms with E-state index in [1.807, 2.05) is 0 Å². The van der Waals surface area contributed by atoms with Crippen LogP contribution in [0.2, 0.25) is 0 Å². The van der Waals surface area contributed by atoms with Gasteiger partial charge in [-0.1, -0.05) is 24.3 Å². The lowest BCUT2D eigenvalue weighted by molar-refractivity contribution is -0.137. The van der Waals surface area contributed by atoms with Crippen molar-refractivity contribution in [2.45, 2.75) is 19.3 Å². The number of rotatable bonds is 6. The van der Waals surface area contributed by atoms with Crippen LogP contribution in [-0.4, -0.2) is 31.7 Å². The van der Waals surface area contributed by atoms with Crippen molar-refractivity contribution in [3.63, 3.8) is 0 Å². The predicted octanol–water partition coefficient (Wildman–Crippen LogP) is 4.87. The van der Waals surface area contributed by atoms with E-state index in [1.54, 1.807) is 18.2 Å². The predicted molar refractivity (Wildman–Crippen MR) is 122 cm³/mol. The number of aromatic carboxylic acids is 1. The summed E-state index contributed by atoms with van der Waals surface area (Å²) in [6.45, 7) is 0.267. The Labute approximate surface area is 201 Å². The number of hydrogen-bond acceptors (Lipinski definition) is 5. The maximum atomic E-state index is 13.2. The molecule has 0 unspecified atom stereocenters. The zero-order chi connectivity index (χ0) is 25.4. The number of carbonyl (C=O) groups is 2. The average molecular weight is 494 g/mol. The third-order valence-electron chi connectivity index (χ3n) is 5.73. The maximum Gasteiger partial charge on any atom is 0.416 e. The highest BCUT2D eigenvalue weighted by Gasteiger charge is 2.30. The molecule has 2 aromatic heterocycles. The quantitative estimate of drug-likeness (QED) is 0.348. The van der Waals surface area contributed by atoms with Gasteiger partial charge in [-0.2, -0.15) is 18.3 Å². The van der Waals surface area contributed by atoms with Crippen molar-refractivity contribution in [3.05, 3.63) is 95.0 Å². The molecule has 1 amide bonds. The third kappa shape index (κ3) is 4.38. The standard InChI is InChI=1S/C25H17F3N4O4/c26-25(27,28)17-7-3-15(4-8-17)12-32-22-18(9-20-21(30-13-36-20)19(22)11-31-32)23(33)29-10-14-1-5-16(6-2-14)24(34)35/h1-9,11,13H,10,12H2,(H,29,33)(H,34,35). The van der Waals surface area contributed by atoms with E-state index in [4.69, 9.17) is 9.52 Å². The Hall–Kier alpha value is -4.67. The van der Waals surface area contributed by atoms with E-state index in [0.717, 1.165) is 12.1 Å². The number of carboxylic acid groups (broad SMARTS) is 1. The van der Waals surface area contributed by atoms with Crippen LogP contribution in [0.25, 0.3) is 22.0 Å². The lowest BCUT2D eigenvalue weighted by Gasteiger charge is -2.11. The van der Waals surface area contributed by atoms with Gasteiger partial charge >= 0.3 is 12.1 Å². The van der Waals surface area contributed by atoms with Crippen molar-refractivity contribution in [2.24, 2.45) is 0 Å². The van der Waals surface area contributed by atoms with Gasteiger partial charge in [0.1, 0.15) is 5.52 Å². The highest BCUT2D eigenvalue weighted by Crippen LogP contribution is 2.31. The monoisotopic (exact) mass is 494 g/mol. The Morgan fingerprint density at radius 1 is 1.03 bits per heavy atom. The maximum absolute atomic E-state index is 13.2. The molecule has 0 atom stereocenters. The third-order valence-corrected chi connectivity index (χ3v) is 5.73. The van der Waals surface area contributed by atoms with E-state index < -0.39 is 23.6 Å². The number of nitrogens with one attached hydrogen (secondary N) is 1. The number of fused-ring (bicyclic) bond motifs is 3. The van der Waals surface area contributed by atoms with E-state index >= 15 is 0 Å². The molecule has 3 aromatic carbocycles. The smallest absolute Gasteiger partial charge is 0.416 e. The molecule has 2 N–H and O–H groups in total. The summed E-state index contributed by atoms with van der Waals surface area (Å²) in [5.41, 5.74) is 2.24. The van der Waals surface area contributed by atoms with Crippen LogP contribution >= 0.6 is 0 Å². The SMILES string of the molecule is O=C(O)c1ccc(CNC(=O)c2cc3ocnc3c3cnn(Cc4ccc(C(F)(F)F)cc4)c23)cc1. The fraction of sp³-hybridized carbons (Fsp3) is 0.120. The molecule has 5 rings (SSSR count). The van der Waals surface area contributed by atoms with E-state index in [-0.39, 0.29) is 24.2 Å². The van der Waals surface area contributed by atoms with Crippen molar-refractivity contribution >= 4 is 33.9 Å². The number of alkyl halides is 3. The average Bonchev–Trinajstić information content (AvgIpc) is 3.49. The summed E-state index contributed by atoms with van der Waals surface area (Å²) in [5, 5.41) is 16.7. The van der Waals surface area contributed by atoms with Crippen LogP contribution in [0, 0.1) is 0 Å². The van der Waals surface area contributed by atoms with Crippen LogP contribution in [0.3, 0.4) is 0 Å². The number of aromatic nitrogens is 3. The van der Waals surface area contributed by atoms with Gasteiger partial charge in [0, 0.05) is 6.54 Å². The molecule has 0 bridgehead atoms. The number of carboxylic acids is 1. The molecule has 2 heterocycles. The molecule has 182 valence electrons. The molecule has 5 aromatic rings. The first-order chi connectivity index (χ1) is 17.2. The Morgan fingerprint density at radius 2 is 1.72 bits per heavy atom. The summed E-state index contributed by atoms with van der Waals surface area (Å²) in [4.78, 5) is 28.4. The zero-order valence-corrected chi connectivity index (χ0v) is 18.4. The molecule has 0 saturated heterocycles.